The smallest absolute Gasteiger partial charge is 0.0429 e. The Kier molecular flexibility index (Phi) is 8.97. The highest BCUT2D eigenvalue weighted by molar-refractivity contribution is 5.85. The molecule has 3 aromatic rings. The Morgan fingerprint density at radius 2 is 1.29 bits per heavy atom. The van der Waals surface area contributed by atoms with Gasteiger partial charge in [0.25, 0.3) is 0 Å². The maximum Gasteiger partial charge on any atom is 0.0429 e. The number of rotatable bonds is 12. The molecule has 0 radical (unpaired) electrons. The Labute approximate surface area is 189 Å². The van der Waals surface area contributed by atoms with Gasteiger partial charge in [-0.2, -0.15) is 0 Å². The van der Waals surface area contributed by atoms with E-state index in [9.17, 15) is 0 Å². The van der Waals surface area contributed by atoms with Crippen molar-refractivity contribution in [1.82, 2.24) is 4.90 Å². The third-order valence-corrected chi connectivity index (χ3v) is 5.99. The van der Waals surface area contributed by atoms with Crippen molar-refractivity contribution in [3.05, 3.63) is 77.4 Å². The lowest BCUT2D eigenvalue weighted by Crippen LogP contribution is -2.28. The Balaban J connectivity index is 1.73. The van der Waals surface area contributed by atoms with Crippen LogP contribution in [0.4, 0.5) is 5.69 Å². The summed E-state index contributed by atoms with van der Waals surface area (Å²) in [6, 6.07) is 22.5. The maximum absolute atomic E-state index is 2.63. The highest BCUT2D eigenvalue weighted by Crippen LogP contribution is 2.24. The fourth-order valence-corrected chi connectivity index (χ4v) is 4.66. The topological polar surface area (TPSA) is 6.48 Å². The largest absolute Gasteiger partial charge is 0.367 e. The van der Waals surface area contributed by atoms with Crippen molar-refractivity contribution in [2.24, 2.45) is 0 Å². The van der Waals surface area contributed by atoms with Crippen LogP contribution < -0.4 is 4.90 Å². The Morgan fingerprint density at radius 3 is 1.97 bits per heavy atom. The van der Waals surface area contributed by atoms with Crippen molar-refractivity contribution in [3.8, 4) is 0 Å². The molecule has 0 amide bonds. The molecule has 0 aliphatic carbocycles. The van der Waals surface area contributed by atoms with E-state index in [1.165, 1.54) is 78.5 Å². The predicted molar refractivity (Wildman–Crippen MR) is 137 cm³/mol. The average molecular weight is 417 g/mol. The first-order valence-electron chi connectivity index (χ1n) is 12.1. The molecular formula is C29H40N2. The second-order valence-electron chi connectivity index (χ2n) is 9.00. The van der Waals surface area contributed by atoms with Gasteiger partial charge in [0.1, 0.15) is 0 Å². The van der Waals surface area contributed by atoms with Crippen LogP contribution in [0.25, 0.3) is 10.8 Å². The molecule has 3 rings (SSSR count). The van der Waals surface area contributed by atoms with Gasteiger partial charge in [-0.3, -0.25) is 0 Å². The minimum Gasteiger partial charge on any atom is -0.367 e. The van der Waals surface area contributed by atoms with Crippen molar-refractivity contribution in [3.63, 3.8) is 0 Å². The highest BCUT2D eigenvalue weighted by Gasteiger charge is 2.10. The molecule has 3 aromatic carbocycles. The molecule has 0 saturated carbocycles. The lowest BCUT2D eigenvalue weighted by atomic mass is 10.1. The van der Waals surface area contributed by atoms with Crippen LogP contribution in [0.1, 0.15) is 56.2 Å². The van der Waals surface area contributed by atoms with Crippen LogP contribution in [0.5, 0.6) is 0 Å². The highest BCUT2D eigenvalue weighted by atomic mass is 15.1. The summed E-state index contributed by atoms with van der Waals surface area (Å²) >= 11 is 0. The number of unbranched alkanes of at least 4 members (excludes halogenated alkanes) is 1. The number of hydrogen-bond acceptors (Lipinski definition) is 2. The predicted octanol–water partition coefficient (Wildman–Crippen LogP) is 7.37. The molecule has 0 aliphatic rings. The van der Waals surface area contributed by atoms with Gasteiger partial charge in [-0.25, -0.2) is 0 Å². The molecule has 31 heavy (non-hydrogen) atoms. The Morgan fingerprint density at radius 1 is 0.645 bits per heavy atom. The average Bonchev–Trinajstić information content (AvgIpc) is 2.75. The molecule has 2 nitrogen and oxygen atoms in total. The quantitative estimate of drug-likeness (QED) is 0.284. The second-order valence-corrected chi connectivity index (χ2v) is 9.00. The van der Waals surface area contributed by atoms with Gasteiger partial charge < -0.3 is 9.80 Å². The van der Waals surface area contributed by atoms with E-state index in [4.69, 9.17) is 0 Å². The normalized spacial score (nSPS) is 11.4. The summed E-state index contributed by atoms with van der Waals surface area (Å²) in [5.41, 5.74) is 5.44. The first-order valence-corrected chi connectivity index (χ1v) is 12.1. The lowest BCUT2D eigenvalue weighted by molar-refractivity contribution is 0.269. The summed E-state index contributed by atoms with van der Waals surface area (Å²) in [5, 5.41) is 2.63. The molecule has 0 aliphatic heterocycles. The fourth-order valence-electron chi connectivity index (χ4n) is 4.66. The van der Waals surface area contributed by atoms with Crippen LogP contribution >= 0.6 is 0 Å². The van der Waals surface area contributed by atoms with Crippen LogP contribution in [0.3, 0.4) is 0 Å². The van der Waals surface area contributed by atoms with Crippen molar-refractivity contribution >= 4 is 16.5 Å². The summed E-state index contributed by atoms with van der Waals surface area (Å²) in [4.78, 5) is 5.20. The molecule has 2 heteroatoms. The maximum atomic E-state index is 2.63. The zero-order chi connectivity index (χ0) is 22.1. The molecule has 0 atom stereocenters. The molecule has 0 spiro atoms. The number of fused-ring (bicyclic) bond motifs is 1. The van der Waals surface area contributed by atoms with Crippen molar-refractivity contribution in [1.29, 1.82) is 0 Å². The summed E-state index contributed by atoms with van der Waals surface area (Å²) in [7, 11) is 0. The van der Waals surface area contributed by atoms with Gasteiger partial charge in [0.05, 0.1) is 0 Å². The third kappa shape index (κ3) is 7.11. The summed E-state index contributed by atoms with van der Waals surface area (Å²) in [6.07, 6.45) is 4.98. The third-order valence-electron chi connectivity index (χ3n) is 5.99. The molecule has 0 heterocycles. The fraction of sp³-hybridized carbons (Fsp3) is 0.448. The van der Waals surface area contributed by atoms with Crippen molar-refractivity contribution < 1.29 is 0 Å². The van der Waals surface area contributed by atoms with E-state index in [1.807, 2.05) is 0 Å². The number of benzene rings is 3. The standard InChI is InChI=1S/C29H40N2/c1-5-15-30(16-6-2)17-9-10-18-31(23-26-20-24(3)19-25(4)21-26)29-14-13-27-11-7-8-12-28(27)22-29/h7-8,11-14,19-22H,5-6,9-10,15-18,23H2,1-4H3. The molecular weight excluding hydrogens is 376 g/mol. The van der Waals surface area contributed by atoms with Gasteiger partial charge in [-0.15, -0.1) is 0 Å². The second kappa shape index (κ2) is 11.9. The summed E-state index contributed by atoms with van der Waals surface area (Å²) in [6.45, 7) is 14.7. The summed E-state index contributed by atoms with van der Waals surface area (Å²) < 4.78 is 0. The monoisotopic (exact) mass is 416 g/mol. The number of aryl methyl sites for hydroxylation is 2. The van der Waals surface area contributed by atoms with Crippen LogP contribution in [0, 0.1) is 13.8 Å². The lowest BCUT2D eigenvalue weighted by Gasteiger charge is -2.27. The zero-order valence-corrected chi connectivity index (χ0v) is 20.0. The van der Waals surface area contributed by atoms with E-state index < -0.39 is 0 Å². The summed E-state index contributed by atoms with van der Waals surface area (Å²) in [5.74, 6) is 0. The van der Waals surface area contributed by atoms with Crippen molar-refractivity contribution in [2.75, 3.05) is 31.1 Å². The van der Waals surface area contributed by atoms with Gasteiger partial charge in [0.2, 0.25) is 0 Å². The van der Waals surface area contributed by atoms with Crippen LogP contribution in [-0.2, 0) is 6.54 Å². The van der Waals surface area contributed by atoms with Gasteiger partial charge >= 0.3 is 0 Å². The molecule has 0 aromatic heterocycles. The minimum atomic E-state index is 0.967. The number of anilines is 1. The van der Waals surface area contributed by atoms with Gasteiger partial charge in [-0.05, 0) is 87.6 Å². The number of nitrogens with zero attached hydrogens (tertiary/aromatic N) is 2. The SMILES string of the molecule is CCCN(CCC)CCCCN(Cc1cc(C)cc(C)c1)c1ccc2ccccc2c1. The number of hydrogen-bond donors (Lipinski definition) is 0. The van der Waals surface area contributed by atoms with E-state index in [0.717, 1.165) is 13.1 Å². The van der Waals surface area contributed by atoms with Crippen LogP contribution in [0.15, 0.2) is 60.7 Å². The Bertz CT molecular complexity index is 920. The van der Waals surface area contributed by atoms with Crippen LogP contribution in [0.2, 0.25) is 0 Å². The van der Waals surface area contributed by atoms with Crippen LogP contribution in [-0.4, -0.2) is 31.1 Å². The van der Waals surface area contributed by atoms with E-state index in [1.54, 1.807) is 0 Å². The molecule has 0 fully saturated rings. The molecule has 166 valence electrons. The van der Waals surface area contributed by atoms with E-state index in [0.29, 0.717) is 0 Å². The zero-order valence-electron chi connectivity index (χ0n) is 20.0. The Hall–Kier alpha value is -2.32. The molecule has 0 saturated heterocycles. The van der Waals surface area contributed by atoms with Gasteiger partial charge in [0.15, 0.2) is 0 Å². The van der Waals surface area contributed by atoms with Crippen molar-refractivity contribution in [2.45, 2.75) is 59.9 Å². The van der Waals surface area contributed by atoms with Gasteiger partial charge in [0, 0.05) is 18.8 Å². The minimum absolute atomic E-state index is 0.967. The molecule has 0 bridgehead atoms. The molecule has 0 unspecified atom stereocenters. The first-order chi connectivity index (χ1) is 15.1. The first kappa shape index (κ1) is 23.3. The van der Waals surface area contributed by atoms with E-state index >= 15 is 0 Å². The van der Waals surface area contributed by atoms with E-state index in [2.05, 4.69) is 98.2 Å². The van der Waals surface area contributed by atoms with E-state index in [-0.39, 0.29) is 0 Å². The molecule has 0 N–H and O–H groups in total. The van der Waals surface area contributed by atoms with Gasteiger partial charge in [-0.1, -0.05) is 73.5 Å².